The molecule has 3 aromatic carbocycles. The fourth-order valence-electron chi connectivity index (χ4n) is 4.22. The van der Waals surface area contributed by atoms with E-state index >= 15 is 0 Å². The average Bonchev–Trinajstić information content (AvgIpc) is 2.96. The van der Waals surface area contributed by atoms with Gasteiger partial charge in [-0.3, -0.25) is 10.1 Å². The molecule has 0 saturated heterocycles. The van der Waals surface area contributed by atoms with Crippen molar-refractivity contribution < 1.29 is 4.92 Å². The van der Waals surface area contributed by atoms with Crippen molar-refractivity contribution in [3.05, 3.63) is 130 Å². The summed E-state index contributed by atoms with van der Waals surface area (Å²) in [6.45, 7) is 1.99. The minimum absolute atomic E-state index is 0.0665. The standard InChI is InChI=1S/C26H27N3O2/c30-29(31)26(18-23-10-4-1-5-11-23)21-27(19-24-12-6-2-7-13-24)16-17-28(22-26)20-25-14-8-3-9-15-25/h1-17H,18-22H2. The quantitative estimate of drug-likeness (QED) is 0.415. The maximum absolute atomic E-state index is 12.6. The van der Waals surface area contributed by atoms with Crippen molar-refractivity contribution in [2.75, 3.05) is 13.1 Å². The first kappa shape index (κ1) is 20.7. The molecule has 1 aliphatic rings. The number of rotatable bonds is 7. The highest BCUT2D eigenvalue weighted by Gasteiger charge is 2.46. The Hall–Kier alpha value is -3.60. The molecule has 0 unspecified atom stereocenters. The summed E-state index contributed by atoms with van der Waals surface area (Å²) < 4.78 is 0. The summed E-state index contributed by atoms with van der Waals surface area (Å²) in [5, 5.41) is 12.6. The third-order valence-electron chi connectivity index (χ3n) is 5.70. The van der Waals surface area contributed by atoms with Gasteiger partial charge in [-0.05, 0) is 16.7 Å². The van der Waals surface area contributed by atoms with E-state index in [2.05, 4.69) is 34.1 Å². The van der Waals surface area contributed by atoms with Gasteiger partial charge >= 0.3 is 0 Å². The largest absolute Gasteiger partial charge is 0.365 e. The Balaban J connectivity index is 1.65. The first-order valence-corrected chi connectivity index (χ1v) is 10.6. The molecule has 4 rings (SSSR count). The van der Waals surface area contributed by atoms with Gasteiger partial charge in [0.1, 0.15) is 0 Å². The summed E-state index contributed by atoms with van der Waals surface area (Å²) in [5.41, 5.74) is 2.15. The molecule has 0 N–H and O–H groups in total. The summed E-state index contributed by atoms with van der Waals surface area (Å²) in [5.74, 6) is 0. The second-order valence-corrected chi connectivity index (χ2v) is 8.22. The third-order valence-corrected chi connectivity index (χ3v) is 5.70. The SMILES string of the molecule is O=[N+]([O-])C1(Cc2ccccc2)CN(Cc2ccccc2)C=CN(Cc2ccccc2)C1. The van der Waals surface area contributed by atoms with Crippen molar-refractivity contribution in [3.8, 4) is 0 Å². The van der Waals surface area contributed by atoms with Gasteiger partial charge in [-0.15, -0.1) is 0 Å². The summed E-state index contributed by atoms with van der Waals surface area (Å²) >= 11 is 0. The summed E-state index contributed by atoms with van der Waals surface area (Å²) in [6, 6.07) is 30.0. The molecule has 0 aromatic heterocycles. The molecule has 5 heteroatoms. The van der Waals surface area contributed by atoms with Crippen molar-refractivity contribution in [1.82, 2.24) is 9.80 Å². The molecule has 0 amide bonds. The highest BCUT2D eigenvalue weighted by molar-refractivity contribution is 5.20. The Morgan fingerprint density at radius 3 is 1.45 bits per heavy atom. The Bertz CT molecular complexity index is 953. The van der Waals surface area contributed by atoms with Crippen molar-refractivity contribution >= 4 is 0 Å². The van der Waals surface area contributed by atoms with Crippen LogP contribution in [0.4, 0.5) is 0 Å². The van der Waals surface area contributed by atoms with Crippen LogP contribution in [0.25, 0.3) is 0 Å². The number of nitrogens with zero attached hydrogens (tertiary/aromatic N) is 3. The predicted molar refractivity (Wildman–Crippen MR) is 123 cm³/mol. The molecule has 0 radical (unpaired) electrons. The first-order valence-electron chi connectivity index (χ1n) is 10.6. The summed E-state index contributed by atoms with van der Waals surface area (Å²) in [7, 11) is 0. The van der Waals surface area contributed by atoms with E-state index in [0.717, 1.165) is 16.7 Å². The molecule has 0 atom stereocenters. The van der Waals surface area contributed by atoms with Crippen LogP contribution in [0.1, 0.15) is 16.7 Å². The van der Waals surface area contributed by atoms with Gasteiger partial charge in [0, 0.05) is 36.8 Å². The van der Waals surface area contributed by atoms with Gasteiger partial charge in [0.25, 0.3) is 5.54 Å². The lowest BCUT2D eigenvalue weighted by atomic mass is 9.90. The summed E-state index contributed by atoms with van der Waals surface area (Å²) in [4.78, 5) is 16.6. The lowest BCUT2D eigenvalue weighted by molar-refractivity contribution is -0.569. The van der Waals surface area contributed by atoms with Gasteiger partial charge in [0.2, 0.25) is 0 Å². The smallest absolute Gasteiger partial charge is 0.260 e. The second kappa shape index (κ2) is 9.47. The molecule has 0 bridgehead atoms. The van der Waals surface area contributed by atoms with E-state index in [0.29, 0.717) is 32.6 Å². The van der Waals surface area contributed by atoms with Crippen LogP contribution in [0.5, 0.6) is 0 Å². The van der Waals surface area contributed by atoms with Gasteiger partial charge in [-0.2, -0.15) is 0 Å². The van der Waals surface area contributed by atoms with E-state index in [1.807, 2.05) is 79.1 Å². The predicted octanol–water partition coefficient (Wildman–Crippen LogP) is 4.73. The van der Waals surface area contributed by atoms with Crippen LogP contribution in [-0.2, 0) is 19.5 Å². The van der Waals surface area contributed by atoms with E-state index in [9.17, 15) is 10.1 Å². The van der Waals surface area contributed by atoms with Crippen LogP contribution < -0.4 is 0 Å². The molecule has 31 heavy (non-hydrogen) atoms. The minimum Gasteiger partial charge on any atom is -0.365 e. The molecular formula is C26H27N3O2. The number of hydrogen-bond acceptors (Lipinski definition) is 4. The van der Waals surface area contributed by atoms with Gasteiger partial charge < -0.3 is 9.80 Å². The van der Waals surface area contributed by atoms with Gasteiger partial charge in [-0.1, -0.05) is 91.0 Å². The van der Waals surface area contributed by atoms with Crippen LogP contribution in [0.3, 0.4) is 0 Å². The monoisotopic (exact) mass is 413 g/mol. The van der Waals surface area contributed by atoms with E-state index in [-0.39, 0.29) is 4.92 Å². The Kier molecular flexibility index (Phi) is 6.32. The average molecular weight is 414 g/mol. The lowest BCUT2D eigenvalue weighted by Crippen LogP contribution is -2.54. The highest BCUT2D eigenvalue weighted by atomic mass is 16.6. The second-order valence-electron chi connectivity index (χ2n) is 8.22. The third kappa shape index (κ3) is 5.31. The van der Waals surface area contributed by atoms with Crippen molar-refractivity contribution in [3.63, 3.8) is 0 Å². The lowest BCUT2D eigenvalue weighted by Gasteiger charge is -2.32. The fraction of sp³-hybridized carbons (Fsp3) is 0.231. The zero-order valence-corrected chi connectivity index (χ0v) is 17.5. The molecule has 0 fully saturated rings. The molecular weight excluding hydrogens is 386 g/mol. The van der Waals surface area contributed by atoms with E-state index in [4.69, 9.17) is 0 Å². The Morgan fingerprint density at radius 1 is 0.677 bits per heavy atom. The highest BCUT2D eigenvalue weighted by Crippen LogP contribution is 2.26. The molecule has 0 aliphatic carbocycles. The molecule has 1 heterocycles. The van der Waals surface area contributed by atoms with E-state index in [1.54, 1.807) is 0 Å². The van der Waals surface area contributed by atoms with Crippen LogP contribution in [0.15, 0.2) is 103 Å². The van der Waals surface area contributed by atoms with E-state index in [1.165, 1.54) is 0 Å². The van der Waals surface area contributed by atoms with Gasteiger partial charge in [0.15, 0.2) is 0 Å². The molecule has 0 spiro atoms. The fourth-order valence-corrected chi connectivity index (χ4v) is 4.22. The van der Waals surface area contributed by atoms with Gasteiger partial charge in [0.05, 0.1) is 13.1 Å². The molecule has 3 aromatic rings. The summed E-state index contributed by atoms with van der Waals surface area (Å²) in [6.07, 6.45) is 4.40. The zero-order valence-electron chi connectivity index (χ0n) is 17.5. The number of nitro groups is 1. The normalized spacial score (nSPS) is 15.5. The maximum Gasteiger partial charge on any atom is 0.260 e. The number of benzene rings is 3. The molecule has 5 nitrogen and oxygen atoms in total. The van der Waals surface area contributed by atoms with E-state index < -0.39 is 5.54 Å². The molecule has 158 valence electrons. The zero-order chi connectivity index (χ0) is 21.5. The van der Waals surface area contributed by atoms with Crippen molar-refractivity contribution in [1.29, 1.82) is 0 Å². The Morgan fingerprint density at radius 2 is 1.06 bits per heavy atom. The topological polar surface area (TPSA) is 49.6 Å². The van der Waals surface area contributed by atoms with Crippen LogP contribution in [-0.4, -0.2) is 33.4 Å². The minimum atomic E-state index is -1.12. The van der Waals surface area contributed by atoms with Crippen LogP contribution in [0.2, 0.25) is 0 Å². The number of hydrogen-bond donors (Lipinski definition) is 0. The first-order chi connectivity index (χ1) is 15.1. The van der Waals surface area contributed by atoms with Crippen molar-refractivity contribution in [2.24, 2.45) is 0 Å². The van der Waals surface area contributed by atoms with Gasteiger partial charge in [-0.25, -0.2) is 0 Å². The maximum atomic E-state index is 12.6. The van der Waals surface area contributed by atoms with Crippen LogP contribution >= 0.6 is 0 Å². The molecule has 0 saturated carbocycles. The molecule has 1 aliphatic heterocycles. The Labute approximate surface area is 183 Å². The van der Waals surface area contributed by atoms with Crippen molar-refractivity contribution in [2.45, 2.75) is 25.0 Å². The van der Waals surface area contributed by atoms with Crippen LogP contribution in [0, 0.1) is 10.1 Å².